The highest BCUT2D eigenvalue weighted by Gasteiger charge is 2.22. The van der Waals surface area contributed by atoms with Gasteiger partial charge < -0.3 is 4.74 Å². The molecule has 0 aliphatic carbocycles. The van der Waals surface area contributed by atoms with E-state index in [0.717, 1.165) is 10.0 Å². The van der Waals surface area contributed by atoms with Gasteiger partial charge in [-0.1, -0.05) is 46.3 Å². The summed E-state index contributed by atoms with van der Waals surface area (Å²) in [5, 5.41) is -0.712. The zero-order chi connectivity index (χ0) is 13.8. The fourth-order valence-corrected chi connectivity index (χ4v) is 2.38. The summed E-state index contributed by atoms with van der Waals surface area (Å²) in [6, 6.07) is 14.5. The van der Waals surface area contributed by atoms with Crippen LogP contribution in [-0.4, -0.2) is 12.9 Å². The monoisotopic (exact) mass is 338 g/mol. The zero-order valence-corrected chi connectivity index (χ0v) is 12.6. The second-order valence-electron chi connectivity index (χ2n) is 3.98. The van der Waals surface area contributed by atoms with E-state index in [-0.39, 0.29) is 5.78 Å². The molecule has 4 heteroatoms. The second-order valence-corrected chi connectivity index (χ2v) is 5.33. The van der Waals surface area contributed by atoms with E-state index in [9.17, 15) is 4.79 Å². The summed E-state index contributed by atoms with van der Waals surface area (Å²) in [6.45, 7) is 0. The normalized spacial score (nSPS) is 11.9. The zero-order valence-electron chi connectivity index (χ0n) is 10.3. The van der Waals surface area contributed by atoms with Crippen LogP contribution in [0.4, 0.5) is 0 Å². The summed E-state index contributed by atoms with van der Waals surface area (Å²) in [5.41, 5.74) is 1.26. The van der Waals surface area contributed by atoms with Crippen LogP contribution in [0, 0.1) is 0 Å². The van der Waals surface area contributed by atoms with Crippen molar-refractivity contribution in [3.63, 3.8) is 0 Å². The van der Waals surface area contributed by atoms with Crippen LogP contribution in [0.25, 0.3) is 0 Å². The molecule has 0 heterocycles. The maximum Gasteiger partial charge on any atom is 0.188 e. The Balaban J connectivity index is 2.34. The van der Waals surface area contributed by atoms with E-state index in [1.807, 2.05) is 30.3 Å². The third-order valence-corrected chi connectivity index (χ3v) is 3.69. The SMILES string of the molecule is COc1cc(Br)ccc1C(=O)C(Cl)c1ccccc1. The van der Waals surface area contributed by atoms with Gasteiger partial charge in [-0.2, -0.15) is 0 Å². The maximum atomic E-state index is 12.4. The molecule has 1 unspecified atom stereocenters. The lowest BCUT2D eigenvalue weighted by Gasteiger charge is -2.12. The van der Waals surface area contributed by atoms with Crippen LogP contribution in [-0.2, 0) is 0 Å². The van der Waals surface area contributed by atoms with E-state index in [0.29, 0.717) is 11.3 Å². The molecule has 98 valence electrons. The number of rotatable bonds is 4. The van der Waals surface area contributed by atoms with E-state index in [2.05, 4.69) is 15.9 Å². The van der Waals surface area contributed by atoms with Gasteiger partial charge in [0.15, 0.2) is 5.78 Å². The van der Waals surface area contributed by atoms with Gasteiger partial charge in [0.25, 0.3) is 0 Å². The Labute approximate surface area is 125 Å². The van der Waals surface area contributed by atoms with Gasteiger partial charge in [-0.05, 0) is 23.8 Å². The van der Waals surface area contributed by atoms with E-state index >= 15 is 0 Å². The summed E-state index contributed by atoms with van der Waals surface area (Å²) in [4.78, 5) is 12.4. The topological polar surface area (TPSA) is 26.3 Å². The van der Waals surface area contributed by atoms with Crippen LogP contribution in [0.1, 0.15) is 21.3 Å². The summed E-state index contributed by atoms with van der Waals surface area (Å²) < 4.78 is 6.08. The predicted molar refractivity (Wildman–Crippen MR) is 80.1 cm³/mol. The Morgan fingerprint density at radius 1 is 1.21 bits per heavy atom. The first-order valence-corrected chi connectivity index (χ1v) is 6.93. The van der Waals surface area contributed by atoms with Crippen molar-refractivity contribution < 1.29 is 9.53 Å². The van der Waals surface area contributed by atoms with Gasteiger partial charge in [0.2, 0.25) is 0 Å². The number of Topliss-reactive ketones (excluding diaryl/α,β-unsaturated/α-hetero) is 1. The molecular formula is C15H12BrClO2. The predicted octanol–water partition coefficient (Wildman–Crippen LogP) is 4.62. The number of halogens is 2. The van der Waals surface area contributed by atoms with Crippen LogP contribution in [0.2, 0.25) is 0 Å². The van der Waals surface area contributed by atoms with Crippen molar-refractivity contribution in [2.45, 2.75) is 5.38 Å². The smallest absolute Gasteiger partial charge is 0.188 e. The van der Waals surface area contributed by atoms with Crippen molar-refractivity contribution in [3.05, 3.63) is 64.1 Å². The first kappa shape index (κ1) is 14.1. The summed E-state index contributed by atoms with van der Waals surface area (Å²) in [7, 11) is 1.53. The number of hydrogen-bond acceptors (Lipinski definition) is 2. The molecule has 0 amide bonds. The Bertz CT molecular complexity index is 584. The minimum Gasteiger partial charge on any atom is -0.496 e. The first-order chi connectivity index (χ1) is 9.13. The highest BCUT2D eigenvalue weighted by molar-refractivity contribution is 9.10. The number of ether oxygens (including phenoxy) is 1. The molecule has 0 saturated carbocycles. The Kier molecular flexibility index (Phi) is 4.61. The second kappa shape index (κ2) is 6.22. The number of carbonyl (C=O) groups excluding carboxylic acids is 1. The fraction of sp³-hybridized carbons (Fsp3) is 0.133. The van der Waals surface area contributed by atoms with Crippen molar-refractivity contribution in [2.75, 3.05) is 7.11 Å². The molecule has 0 spiro atoms. The average molecular weight is 340 g/mol. The first-order valence-electron chi connectivity index (χ1n) is 5.70. The van der Waals surface area contributed by atoms with E-state index in [1.165, 1.54) is 7.11 Å². The molecule has 2 nitrogen and oxygen atoms in total. The molecule has 0 aliphatic heterocycles. The number of hydrogen-bond donors (Lipinski definition) is 0. The van der Waals surface area contributed by atoms with Gasteiger partial charge in [-0.25, -0.2) is 0 Å². The molecule has 0 saturated heterocycles. The molecule has 0 radical (unpaired) electrons. The summed E-state index contributed by atoms with van der Waals surface area (Å²) in [6.07, 6.45) is 0. The van der Waals surface area contributed by atoms with E-state index < -0.39 is 5.38 Å². The lowest BCUT2D eigenvalue weighted by atomic mass is 10.0. The fourth-order valence-electron chi connectivity index (χ4n) is 1.78. The third-order valence-electron chi connectivity index (χ3n) is 2.75. The molecule has 1 atom stereocenters. The van der Waals surface area contributed by atoms with Gasteiger partial charge in [0.05, 0.1) is 12.7 Å². The summed E-state index contributed by atoms with van der Waals surface area (Å²) >= 11 is 9.59. The van der Waals surface area contributed by atoms with Crippen LogP contribution >= 0.6 is 27.5 Å². The minimum absolute atomic E-state index is 0.169. The highest BCUT2D eigenvalue weighted by Crippen LogP contribution is 2.31. The number of carbonyl (C=O) groups is 1. The minimum atomic E-state index is -0.712. The molecule has 2 rings (SSSR count). The van der Waals surface area contributed by atoms with Gasteiger partial charge in [-0.3, -0.25) is 4.79 Å². The Hall–Kier alpha value is -1.32. The number of ketones is 1. The quantitative estimate of drug-likeness (QED) is 0.600. The standard InChI is InChI=1S/C15H12BrClO2/c1-19-13-9-11(16)7-8-12(13)15(18)14(17)10-5-3-2-4-6-10/h2-9,14H,1H3. The van der Waals surface area contributed by atoms with Crippen molar-refractivity contribution in [1.29, 1.82) is 0 Å². The molecule has 0 bridgehead atoms. The molecule has 0 aromatic heterocycles. The molecule has 2 aromatic rings. The third kappa shape index (κ3) is 3.17. The van der Waals surface area contributed by atoms with Gasteiger partial charge >= 0.3 is 0 Å². The van der Waals surface area contributed by atoms with Crippen LogP contribution < -0.4 is 4.74 Å². The van der Waals surface area contributed by atoms with E-state index in [4.69, 9.17) is 16.3 Å². The molecule has 2 aromatic carbocycles. The molecule has 19 heavy (non-hydrogen) atoms. The molecular weight excluding hydrogens is 328 g/mol. The van der Waals surface area contributed by atoms with E-state index in [1.54, 1.807) is 18.2 Å². The molecule has 0 fully saturated rings. The van der Waals surface area contributed by atoms with Crippen molar-refractivity contribution in [3.8, 4) is 5.75 Å². The number of benzene rings is 2. The van der Waals surface area contributed by atoms with Crippen molar-refractivity contribution in [1.82, 2.24) is 0 Å². The largest absolute Gasteiger partial charge is 0.496 e. The lowest BCUT2D eigenvalue weighted by molar-refractivity contribution is 0.0984. The molecule has 0 aliphatic rings. The van der Waals surface area contributed by atoms with Crippen molar-refractivity contribution >= 4 is 33.3 Å². The highest BCUT2D eigenvalue weighted by atomic mass is 79.9. The van der Waals surface area contributed by atoms with Crippen LogP contribution in [0.15, 0.2) is 53.0 Å². The Morgan fingerprint density at radius 3 is 2.53 bits per heavy atom. The summed E-state index contributed by atoms with van der Waals surface area (Å²) in [5.74, 6) is 0.346. The Morgan fingerprint density at radius 2 is 1.89 bits per heavy atom. The van der Waals surface area contributed by atoms with Crippen LogP contribution in [0.5, 0.6) is 5.75 Å². The number of alkyl halides is 1. The average Bonchev–Trinajstić information content (AvgIpc) is 2.46. The number of methoxy groups -OCH3 is 1. The van der Waals surface area contributed by atoms with Crippen LogP contribution in [0.3, 0.4) is 0 Å². The lowest BCUT2D eigenvalue weighted by Crippen LogP contribution is -2.09. The maximum absolute atomic E-state index is 12.4. The molecule has 0 N–H and O–H groups in total. The van der Waals surface area contributed by atoms with Gasteiger partial charge in [0.1, 0.15) is 11.1 Å². The van der Waals surface area contributed by atoms with Crippen molar-refractivity contribution in [2.24, 2.45) is 0 Å². The van der Waals surface area contributed by atoms with Gasteiger partial charge in [0, 0.05) is 4.47 Å². The van der Waals surface area contributed by atoms with Gasteiger partial charge in [-0.15, -0.1) is 11.6 Å².